The third-order valence-corrected chi connectivity index (χ3v) is 2.44. The zero-order valence-corrected chi connectivity index (χ0v) is 11.0. The minimum Gasteiger partial charge on any atom is -0.479 e. The number of rotatable bonds is 5. The summed E-state index contributed by atoms with van der Waals surface area (Å²) in [6.07, 6.45) is -8.39. The van der Waals surface area contributed by atoms with Gasteiger partial charge in [-0.05, 0) is 0 Å². The topological polar surface area (TPSA) is 191 Å². The predicted molar refractivity (Wildman–Crippen MR) is 66.2 cm³/mol. The number of nitrogens with one attached hydrogen (secondary N) is 2. The molecule has 1 aliphatic rings. The van der Waals surface area contributed by atoms with E-state index in [1.807, 2.05) is 0 Å². The summed E-state index contributed by atoms with van der Waals surface area (Å²) >= 11 is 0. The third kappa shape index (κ3) is 5.83. The molecular weight excluding hydrogens is 290 g/mol. The largest absolute Gasteiger partial charge is 0.479 e. The quantitative estimate of drug-likeness (QED) is 0.246. The number of hydrogen-bond acceptors (Lipinski definition) is 8. The summed E-state index contributed by atoms with van der Waals surface area (Å²) in [4.78, 5) is 31.9. The van der Waals surface area contributed by atoms with E-state index in [1.54, 1.807) is 11.9 Å². The smallest absolute Gasteiger partial charge is 0.335 e. The van der Waals surface area contributed by atoms with Crippen LogP contribution in [0.15, 0.2) is 0 Å². The van der Waals surface area contributed by atoms with E-state index in [0.29, 0.717) is 6.54 Å². The van der Waals surface area contributed by atoms with Crippen LogP contribution in [-0.2, 0) is 14.4 Å². The number of aliphatic hydroxyl groups excluding tert-OH is 4. The second-order valence-electron chi connectivity index (χ2n) is 4.14. The molecule has 120 valence electrons. The number of hydrogen-bond donors (Lipinski definition) is 7. The number of aliphatic carboxylic acids is 1. The summed E-state index contributed by atoms with van der Waals surface area (Å²) in [7, 11) is 1.69. The summed E-state index contributed by atoms with van der Waals surface area (Å²) in [6.45, 7) is 0.318. The van der Waals surface area contributed by atoms with Crippen molar-refractivity contribution in [3.8, 4) is 0 Å². The van der Waals surface area contributed by atoms with Crippen LogP contribution in [0, 0.1) is 5.41 Å². The van der Waals surface area contributed by atoms with Crippen molar-refractivity contribution >= 4 is 24.1 Å². The molecule has 21 heavy (non-hydrogen) atoms. The monoisotopic (exact) mass is 307 g/mol. The van der Waals surface area contributed by atoms with Crippen LogP contribution in [0.4, 0.5) is 0 Å². The van der Waals surface area contributed by atoms with Crippen molar-refractivity contribution < 1.29 is 39.9 Å². The number of carboxylic acid groups (broad SMARTS) is 1. The van der Waals surface area contributed by atoms with E-state index in [2.05, 4.69) is 5.32 Å². The number of carboxylic acids is 1. The zero-order chi connectivity index (χ0) is 16.7. The van der Waals surface area contributed by atoms with Crippen LogP contribution in [0.2, 0.25) is 0 Å². The van der Waals surface area contributed by atoms with Gasteiger partial charge in [-0.3, -0.25) is 15.5 Å². The molecule has 11 nitrogen and oxygen atoms in total. The van der Waals surface area contributed by atoms with Crippen LogP contribution < -0.4 is 5.32 Å². The molecule has 0 aromatic carbocycles. The molecule has 0 spiro atoms. The number of likely N-dealkylation sites (N-methyl/N-ethyl adjacent to an activating group) is 1. The van der Waals surface area contributed by atoms with Crippen LogP contribution in [0.1, 0.15) is 0 Å². The Morgan fingerprint density at radius 2 is 1.86 bits per heavy atom. The van der Waals surface area contributed by atoms with Gasteiger partial charge in [0.15, 0.2) is 18.3 Å². The molecule has 1 heterocycles. The highest BCUT2D eigenvalue weighted by atomic mass is 16.4. The average molecular weight is 307 g/mol. The van der Waals surface area contributed by atoms with Crippen molar-refractivity contribution in [3.63, 3.8) is 0 Å². The van der Waals surface area contributed by atoms with Gasteiger partial charge >= 0.3 is 5.97 Å². The van der Waals surface area contributed by atoms with Crippen LogP contribution >= 0.6 is 0 Å². The third-order valence-electron chi connectivity index (χ3n) is 2.44. The maximum absolute atomic E-state index is 10.4. The number of guanidine groups is 1. The molecule has 1 saturated heterocycles. The highest BCUT2D eigenvalue weighted by Gasteiger charge is 2.34. The first kappa shape index (κ1) is 18.9. The van der Waals surface area contributed by atoms with Gasteiger partial charge in [0.05, 0.1) is 6.54 Å². The Kier molecular flexibility index (Phi) is 7.44. The van der Waals surface area contributed by atoms with E-state index in [-0.39, 0.29) is 18.2 Å². The molecule has 1 amide bonds. The summed E-state index contributed by atoms with van der Waals surface area (Å²) < 4.78 is 0. The van der Waals surface area contributed by atoms with Crippen LogP contribution in [-0.4, -0.2) is 92.6 Å². The summed E-state index contributed by atoms with van der Waals surface area (Å²) in [5, 5.41) is 52.5. The number of carbonyl (C=O) groups is 3. The maximum Gasteiger partial charge on any atom is 0.335 e. The van der Waals surface area contributed by atoms with Gasteiger partial charge in [-0.25, -0.2) is 4.79 Å². The first-order valence-electron chi connectivity index (χ1n) is 5.61. The minimum absolute atomic E-state index is 0.0809. The first-order chi connectivity index (χ1) is 9.61. The Balaban J connectivity index is 0.000000423. The number of carbonyl (C=O) groups excluding carboxylic acids is 2. The van der Waals surface area contributed by atoms with E-state index in [9.17, 15) is 14.4 Å². The molecular formula is C10H17N3O8. The molecule has 1 fully saturated rings. The molecule has 0 aromatic heterocycles. The Morgan fingerprint density at radius 3 is 2.10 bits per heavy atom. The molecule has 7 N–H and O–H groups in total. The molecule has 0 saturated carbocycles. The fraction of sp³-hybridized carbons (Fsp3) is 0.600. The molecule has 4 atom stereocenters. The van der Waals surface area contributed by atoms with E-state index in [1.165, 1.54) is 0 Å². The van der Waals surface area contributed by atoms with E-state index >= 15 is 0 Å². The molecule has 0 radical (unpaired) electrons. The van der Waals surface area contributed by atoms with Crippen molar-refractivity contribution in [1.82, 2.24) is 10.2 Å². The second-order valence-corrected chi connectivity index (χ2v) is 4.14. The van der Waals surface area contributed by atoms with Gasteiger partial charge in [0, 0.05) is 7.05 Å². The number of nitrogens with zero attached hydrogens (tertiary/aromatic N) is 1. The molecule has 11 heteroatoms. The minimum atomic E-state index is -2.25. The first-order valence-corrected chi connectivity index (χ1v) is 5.61. The summed E-state index contributed by atoms with van der Waals surface area (Å²) in [5.41, 5.74) is 0. The lowest BCUT2D eigenvalue weighted by atomic mass is 10.0. The Hall–Kier alpha value is -2.08. The fourth-order valence-electron chi connectivity index (χ4n) is 1.18. The van der Waals surface area contributed by atoms with Crippen molar-refractivity contribution in [2.45, 2.75) is 24.4 Å². The Morgan fingerprint density at radius 1 is 1.33 bits per heavy atom. The molecule has 0 aliphatic carbocycles. The van der Waals surface area contributed by atoms with Gasteiger partial charge in [0.25, 0.3) is 0 Å². The normalized spacial score (nSPS) is 19.8. The number of aldehydes is 1. The standard InChI is InChI=1S/C6H10O7.C4H7N3O/c7-1-2(8)3(9)4(10)5(11)6(12)13;1-7-2-3(8)6-4(7)5/h1-5,8-11H,(H,12,13);2H2,1H3,(H2,5,6,8)/t2-,3+,4-,5-;/m0./s1. The lowest BCUT2D eigenvalue weighted by molar-refractivity contribution is -0.163. The fourth-order valence-corrected chi connectivity index (χ4v) is 1.18. The van der Waals surface area contributed by atoms with Crippen LogP contribution in [0.3, 0.4) is 0 Å². The van der Waals surface area contributed by atoms with Crippen LogP contribution in [0.25, 0.3) is 0 Å². The van der Waals surface area contributed by atoms with E-state index in [0.717, 1.165) is 0 Å². The van der Waals surface area contributed by atoms with Gasteiger partial charge in [-0.1, -0.05) is 0 Å². The molecule has 0 bridgehead atoms. The van der Waals surface area contributed by atoms with Gasteiger partial charge in [0.2, 0.25) is 5.91 Å². The Labute approximate surface area is 118 Å². The lowest BCUT2D eigenvalue weighted by Crippen LogP contribution is -2.48. The Bertz CT molecular complexity index is 415. The van der Waals surface area contributed by atoms with Crippen molar-refractivity contribution in [3.05, 3.63) is 0 Å². The van der Waals surface area contributed by atoms with Crippen LogP contribution in [0.5, 0.6) is 0 Å². The molecule has 1 rings (SSSR count). The second kappa shape index (κ2) is 8.26. The van der Waals surface area contributed by atoms with Gasteiger partial charge in [-0.2, -0.15) is 0 Å². The SMILES string of the molecule is CN1CC(=O)NC1=N.O=C[C@H](O)[C@@H](O)[C@H](O)[C@H](O)C(=O)O. The molecule has 0 unspecified atom stereocenters. The van der Waals surface area contributed by atoms with E-state index < -0.39 is 30.4 Å². The lowest BCUT2D eigenvalue weighted by Gasteiger charge is -2.21. The summed E-state index contributed by atoms with van der Waals surface area (Å²) in [6, 6.07) is 0. The molecule has 1 aliphatic heterocycles. The zero-order valence-electron chi connectivity index (χ0n) is 11.0. The predicted octanol–water partition coefficient (Wildman–Crippen LogP) is -4.30. The molecule has 0 aromatic rings. The average Bonchev–Trinajstić information content (AvgIpc) is 2.72. The van der Waals surface area contributed by atoms with Gasteiger partial charge < -0.3 is 35.2 Å². The number of aliphatic hydroxyl groups is 4. The van der Waals surface area contributed by atoms with Gasteiger partial charge in [-0.15, -0.1) is 0 Å². The van der Waals surface area contributed by atoms with Crippen molar-refractivity contribution in [2.75, 3.05) is 13.6 Å². The summed E-state index contributed by atoms with van der Waals surface area (Å²) in [5.74, 6) is -1.67. The maximum atomic E-state index is 10.4. The number of amides is 1. The van der Waals surface area contributed by atoms with Crippen molar-refractivity contribution in [1.29, 1.82) is 5.41 Å². The highest BCUT2D eigenvalue weighted by Crippen LogP contribution is 2.03. The highest BCUT2D eigenvalue weighted by molar-refractivity contribution is 6.02. The van der Waals surface area contributed by atoms with Gasteiger partial charge in [0.1, 0.15) is 18.3 Å². The van der Waals surface area contributed by atoms with E-state index in [4.69, 9.17) is 30.9 Å². The van der Waals surface area contributed by atoms with Crippen molar-refractivity contribution in [2.24, 2.45) is 0 Å².